The number of carbonyl (C=O) groups is 3. The van der Waals surface area contributed by atoms with Crippen LogP contribution in [0.15, 0.2) is 48.6 Å². The van der Waals surface area contributed by atoms with Crippen LogP contribution in [-0.4, -0.2) is 37.2 Å². The van der Waals surface area contributed by atoms with Crippen molar-refractivity contribution in [3.05, 3.63) is 48.6 Å². The van der Waals surface area contributed by atoms with E-state index in [0.717, 1.165) is 83.5 Å². The normalized spacial score (nSPS) is 12.3. The summed E-state index contributed by atoms with van der Waals surface area (Å²) < 4.78 is 17.0. The van der Waals surface area contributed by atoms with Gasteiger partial charge in [0.05, 0.1) is 0 Å². The first kappa shape index (κ1) is 76.4. The number of unbranched alkanes of at least 4 members (excludes halogenated alkanes) is 46. The van der Waals surface area contributed by atoms with Crippen LogP contribution in [-0.2, 0) is 28.6 Å². The van der Waals surface area contributed by atoms with Crippen molar-refractivity contribution in [2.45, 2.75) is 386 Å². The Morgan fingerprint density at radius 3 is 0.772 bits per heavy atom. The van der Waals surface area contributed by atoms with Gasteiger partial charge >= 0.3 is 17.9 Å². The summed E-state index contributed by atoms with van der Waals surface area (Å²) >= 11 is 0. The monoisotopic (exact) mass is 1110 g/mol. The number of rotatable bonds is 65. The van der Waals surface area contributed by atoms with E-state index in [4.69, 9.17) is 14.2 Å². The SMILES string of the molecule is CC/C=C\C/C=C\C/C=C\C/C=C\CCCCC(=O)OCC(COC(=O)CCCCCCCCCCCCCCCCCCCCCCCCCC)OC(=O)CCCCCCCCCCCCCCCCCCCCCCCC. The molecule has 1 unspecified atom stereocenters. The van der Waals surface area contributed by atoms with Crippen LogP contribution in [0.3, 0.4) is 0 Å². The lowest BCUT2D eigenvalue weighted by molar-refractivity contribution is -0.167. The maximum absolute atomic E-state index is 13.0. The van der Waals surface area contributed by atoms with Crippen molar-refractivity contribution in [3.63, 3.8) is 0 Å². The maximum Gasteiger partial charge on any atom is 0.306 e. The van der Waals surface area contributed by atoms with Gasteiger partial charge in [-0.25, -0.2) is 0 Å². The number of hydrogen-bond acceptors (Lipinski definition) is 6. The van der Waals surface area contributed by atoms with Crippen LogP contribution in [0.2, 0.25) is 0 Å². The third kappa shape index (κ3) is 66.1. The van der Waals surface area contributed by atoms with E-state index in [2.05, 4.69) is 69.4 Å². The first-order valence-corrected chi connectivity index (χ1v) is 35.1. The molecule has 79 heavy (non-hydrogen) atoms. The average molecular weight is 1110 g/mol. The molecule has 6 nitrogen and oxygen atoms in total. The lowest BCUT2D eigenvalue weighted by Crippen LogP contribution is -2.30. The summed E-state index contributed by atoms with van der Waals surface area (Å²) in [6.07, 6.45) is 85.8. The lowest BCUT2D eigenvalue weighted by atomic mass is 10.0. The molecule has 0 aliphatic heterocycles. The summed E-state index contributed by atoms with van der Waals surface area (Å²) in [6, 6.07) is 0. The molecular formula is C73H134O6. The van der Waals surface area contributed by atoms with Gasteiger partial charge in [-0.1, -0.05) is 352 Å². The maximum atomic E-state index is 13.0. The van der Waals surface area contributed by atoms with Gasteiger partial charge < -0.3 is 14.2 Å². The first-order chi connectivity index (χ1) is 39.0. The van der Waals surface area contributed by atoms with E-state index in [1.54, 1.807) is 0 Å². The second-order valence-corrected chi connectivity index (χ2v) is 23.8. The molecule has 0 N–H and O–H groups in total. The Bertz CT molecular complexity index is 1360. The van der Waals surface area contributed by atoms with Crippen LogP contribution in [0.5, 0.6) is 0 Å². The molecule has 0 rings (SSSR count). The minimum absolute atomic E-state index is 0.0809. The van der Waals surface area contributed by atoms with Gasteiger partial charge in [0.1, 0.15) is 13.2 Å². The smallest absolute Gasteiger partial charge is 0.306 e. The van der Waals surface area contributed by atoms with Crippen LogP contribution in [0.4, 0.5) is 0 Å². The molecule has 0 fully saturated rings. The number of esters is 3. The summed E-state index contributed by atoms with van der Waals surface area (Å²) in [6.45, 7) is 6.57. The molecule has 0 spiro atoms. The van der Waals surface area contributed by atoms with Gasteiger partial charge in [-0.2, -0.15) is 0 Å². The summed E-state index contributed by atoms with van der Waals surface area (Å²) in [5.74, 6) is -0.896. The molecule has 6 heteroatoms. The Morgan fingerprint density at radius 1 is 0.266 bits per heavy atom. The lowest BCUT2D eigenvalue weighted by Gasteiger charge is -2.18. The molecule has 0 saturated heterocycles. The van der Waals surface area contributed by atoms with Gasteiger partial charge in [0.2, 0.25) is 0 Å². The molecule has 0 amide bonds. The highest BCUT2D eigenvalue weighted by Crippen LogP contribution is 2.19. The topological polar surface area (TPSA) is 78.9 Å². The fourth-order valence-corrected chi connectivity index (χ4v) is 10.6. The fourth-order valence-electron chi connectivity index (χ4n) is 10.6. The molecule has 0 aromatic rings. The summed E-state index contributed by atoms with van der Waals surface area (Å²) in [5.41, 5.74) is 0. The van der Waals surface area contributed by atoms with Crippen molar-refractivity contribution >= 4 is 17.9 Å². The standard InChI is InChI=1S/C73H134O6/c1-4-7-10-13-16-19-22-25-28-30-32-34-36-37-39-40-42-45-48-51-54-57-60-63-66-72(75)78-69-70(68-77-71(74)65-62-59-56-53-50-47-44-27-24-21-18-15-12-9-6-3)79-73(76)67-64-61-58-55-52-49-46-43-41-38-35-33-31-29-26-23-20-17-14-11-8-5-2/h9,12,18,21,27,44,50,53,70H,4-8,10-11,13-17,19-20,22-26,28-43,45-49,51-52,54-69H2,1-3H3/b12-9-,21-18-,44-27-,53-50-. The van der Waals surface area contributed by atoms with E-state index >= 15 is 0 Å². The van der Waals surface area contributed by atoms with Crippen molar-refractivity contribution in [2.24, 2.45) is 0 Å². The quantitative estimate of drug-likeness (QED) is 0.0261. The number of hydrogen-bond donors (Lipinski definition) is 0. The Balaban J connectivity index is 4.29. The predicted octanol–water partition coefficient (Wildman–Crippen LogP) is 24.1. The molecule has 462 valence electrons. The van der Waals surface area contributed by atoms with E-state index < -0.39 is 6.10 Å². The molecule has 0 bridgehead atoms. The van der Waals surface area contributed by atoms with Gasteiger partial charge in [-0.05, 0) is 57.8 Å². The molecule has 0 heterocycles. The van der Waals surface area contributed by atoms with Crippen LogP contribution in [0.1, 0.15) is 380 Å². The van der Waals surface area contributed by atoms with Gasteiger partial charge in [-0.3, -0.25) is 14.4 Å². The zero-order valence-corrected chi connectivity index (χ0v) is 53.2. The van der Waals surface area contributed by atoms with E-state index in [1.165, 1.54) is 257 Å². The van der Waals surface area contributed by atoms with Crippen LogP contribution >= 0.6 is 0 Å². The number of carbonyl (C=O) groups excluding carboxylic acids is 3. The number of ether oxygens (including phenoxy) is 3. The molecule has 0 aliphatic rings. The summed E-state index contributed by atoms with van der Waals surface area (Å²) in [5, 5.41) is 0. The van der Waals surface area contributed by atoms with E-state index in [9.17, 15) is 14.4 Å². The van der Waals surface area contributed by atoms with Crippen molar-refractivity contribution in [1.82, 2.24) is 0 Å². The van der Waals surface area contributed by atoms with E-state index in [1.807, 2.05) is 0 Å². The molecule has 0 saturated carbocycles. The van der Waals surface area contributed by atoms with Crippen molar-refractivity contribution < 1.29 is 28.6 Å². The Morgan fingerprint density at radius 2 is 0.494 bits per heavy atom. The second-order valence-electron chi connectivity index (χ2n) is 23.8. The van der Waals surface area contributed by atoms with Crippen molar-refractivity contribution in [2.75, 3.05) is 13.2 Å². The Hall–Kier alpha value is -2.63. The Labute approximate surface area is 492 Å². The van der Waals surface area contributed by atoms with E-state index in [0.29, 0.717) is 19.3 Å². The summed E-state index contributed by atoms with van der Waals surface area (Å²) in [4.78, 5) is 38.4. The zero-order valence-electron chi connectivity index (χ0n) is 53.2. The fraction of sp³-hybridized carbons (Fsp3) is 0.849. The highest BCUT2D eigenvalue weighted by molar-refractivity contribution is 5.71. The molecule has 0 aromatic heterocycles. The minimum Gasteiger partial charge on any atom is -0.462 e. The van der Waals surface area contributed by atoms with Crippen molar-refractivity contribution in [3.8, 4) is 0 Å². The highest BCUT2D eigenvalue weighted by atomic mass is 16.6. The molecule has 1 atom stereocenters. The first-order valence-electron chi connectivity index (χ1n) is 35.1. The third-order valence-electron chi connectivity index (χ3n) is 15.8. The summed E-state index contributed by atoms with van der Waals surface area (Å²) in [7, 11) is 0. The molecule has 0 radical (unpaired) electrons. The van der Waals surface area contributed by atoms with Gasteiger partial charge in [0.25, 0.3) is 0 Å². The van der Waals surface area contributed by atoms with E-state index in [-0.39, 0.29) is 31.1 Å². The molecule has 0 aromatic carbocycles. The largest absolute Gasteiger partial charge is 0.462 e. The molecule has 0 aliphatic carbocycles. The third-order valence-corrected chi connectivity index (χ3v) is 15.8. The average Bonchev–Trinajstić information content (AvgIpc) is 3.45. The zero-order chi connectivity index (χ0) is 57.1. The van der Waals surface area contributed by atoms with Gasteiger partial charge in [0.15, 0.2) is 6.10 Å². The number of allylic oxidation sites excluding steroid dienone is 8. The minimum atomic E-state index is -0.788. The van der Waals surface area contributed by atoms with Gasteiger partial charge in [0, 0.05) is 19.3 Å². The van der Waals surface area contributed by atoms with Crippen molar-refractivity contribution in [1.29, 1.82) is 0 Å². The Kier molecular flexibility index (Phi) is 65.6. The second kappa shape index (κ2) is 67.9. The molecular weight excluding hydrogens is 973 g/mol. The van der Waals surface area contributed by atoms with Crippen LogP contribution < -0.4 is 0 Å². The van der Waals surface area contributed by atoms with Crippen LogP contribution in [0.25, 0.3) is 0 Å². The van der Waals surface area contributed by atoms with Crippen LogP contribution in [0, 0.1) is 0 Å². The predicted molar refractivity (Wildman–Crippen MR) is 344 cm³/mol. The van der Waals surface area contributed by atoms with Gasteiger partial charge in [-0.15, -0.1) is 0 Å². The highest BCUT2D eigenvalue weighted by Gasteiger charge is 2.19.